The number of benzene rings is 1. The average molecular weight is 539 g/mol. The number of halogens is 1. The van der Waals surface area contributed by atoms with Gasteiger partial charge < -0.3 is 24.4 Å². The Bertz CT molecular complexity index is 861. The smallest absolute Gasteiger partial charge is 0.193 e. The molecule has 1 saturated heterocycles. The molecule has 31 heavy (non-hydrogen) atoms. The van der Waals surface area contributed by atoms with Crippen LogP contribution in [0.5, 0.6) is 5.75 Å². The third-order valence-corrected chi connectivity index (χ3v) is 6.03. The van der Waals surface area contributed by atoms with Crippen molar-refractivity contribution >= 4 is 35.6 Å². The van der Waals surface area contributed by atoms with Crippen LogP contribution >= 0.6 is 24.0 Å². The number of aryl methyl sites for hydroxylation is 1. The van der Waals surface area contributed by atoms with Gasteiger partial charge in [0.1, 0.15) is 17.4 Å². The lowest BCUT2D eigenvalue weighted by Crippen LogP contribution is -2.52. The number of guanidine groups is 1. The van der Waals surface area contributed by atoms with E-state index in [2.05, 4.69) is 47.0 Å². The van der Waals surface area contributed by atoms with Gasteiger partial charge in [0.25, 0.3) is 0 Å². The average Bonchev–Trinajstić information content (AvgIpc) is 3.02. The van der Waals surface area contributed by atoms with E-state index in [1.165, 1.54) is 19.3 Å². The number of para-hydroxylation sites is 2. The van der Waals surface area contributed by atoms with Gasteiger partial charge in [-0.05, 0) is 25.0 Å². The molecule has 9 heteroatoms. The number of anilines is 1. The molecule has 0 amide bonds. The Morgan fingerprint density at radius 3 is 2.65 bits per heavy atom. The Balaban J connectivity index is 0.00000272. The van der Waals surface area contributed by atoms with Gasteiger partial charge >= 0.3 is 0 Å². The lowest BCUT2D eigenvalue weighted by atomic mass is 10.2. The molecule has 0 saturated carbocycles. The summed E-state index contributed by atoms with van der Waals surface area (Å²) in [5.41, 5.74) is 1.16. The van der Waals surface area contributed by atoms with Crippen molar-refractivity contribution in [1.29, 1.82) is 0 Å². The summed E-state index contributed by atoms with van der Waals surface area (Å²) < 4.78 is 7.85. The first-order valence-electron chi connectivity index (χ1n) is 11.0. The summed E-state index contributed by atoms with van der Waals surface area (Å²) in [6, 6.07) is 8.23. The minimum Gasteiger partial charge on any atom is -0.495 e. The zero-order valence-electron chi connectivity index (χ0n) is 18.6. The number of rotatable bonds is 5. The summed E-state index contributed by atoms with van der Waals surface area (Å²) in [4.78, 5) is 9.22. The van der Waals surface area contributed by atoms with Crippen LogP contribution in [0, 0.1) is 0 Å². The largest absolute Gasteiger partial charge is 0.495 e. The Hall–Kier alpha value is -2.04. The van der Waals surface area contributed by atoms with E-state index in [4.69, 9.17) is 4.74 Å². The summed E-state index contributed by atoms with van der Waals surface area (Å²) in [6.45, 7) is 5.61. The molecular weight excluding hydrogens is 505 g/mol. The van der Waals surface area contributed by atoms with Gasteiger partial charge in [-0.3, -0.25) is 4.99 Å². The summed E-state index contributed by atoms with van der Waals surface area (Å²) in [6.07, 6.45) is 5.66. The molecule has 0 aliphatic carbocycles. The maximum Gasteiger partial charge on any atom is 0.193 e. The van der Waals surface area contributed by atoms with Gasteiger partial charge in [0.2, 0.25) is 0 Å². The minimum absolute atomic E-state index is 0. The molecule has 0 unspecified atom stereocenters. The third kappa shape index (κ3) is 5.61. The first kappa shape index (κ1) is 23.6. The van der Waals surface area contributed by atoms with Crippen LogP contribution in [0.3, 0.4) is 0 Å². The number of aromatic nitrogens is 3. The van der Waals surface area contributed by atoms with Crippen LogP contribution in [-0.2, 0) is 19.4 Å². The summed E-state index contributed by atoms with van der Waals surface area (Å²) in [7, 11) is 3.59. The molecule has 2 aliphatic rings. The van der Waals surface area contributed by atoms with Crippen LogP contribution < -0.4 is 15.0 Å². The normalized spacial score (nSPS) is 16.9. The van der Waals surface area contributed by atoms with E-state index >= 15 is 0 Å². The highest BCUT2D eigenvalue weighted by Gasteiger charge is 2.22. The van der Waals surface area contributed by atoms with E-state index in [9.17, 15) is 0 Å². The van der Waals surface area contributed by atoms with Gasteiger partial charge in [-0.15, -0.1) is 34.2 Å². The van der Waals surface area contributed by atoms with Gasteiger partial charge in [0.15, 0.2) is 5.96 Å². The molecule has 0 spiro atoms. The second kappa shape index (κ2) is 11.5. The second-order valence-corrected chi connectivity index (χ2v) is 7.86. The van der Waals surface area contributed by atoms with Crippen molar-refractivity contribution in [3.63, 3.8) is 0 Å². The van der Waals surface area contributed by atoms with Crippen LogP contribution in [0.25, 0.3) is 0 Å². The van der Waals surface area contributed by atoms with Crippen LogP contribution in [0.15, 0.2) is 29.3 Å². The predicted octanol–water partition coefficient (Wildman–Crippen LogP) is 2.57. The first-order valence-corrected chi connectivity index (χ1v) is 11.0. The number of hydrogen-bond acceptors (Lipinski definition) is 5. The fraction of sp³-hybridized carbons (Fsp3) is 0.591. The number of nitrogens with one attached hydrogen (secondary N) is 1. The molecular formula is C22H34IN7O. The third-order valence-electron chi connectivity index (χ3n) is 6.03. The number of nitrogens with zero attached hydrogens (tertiary/aromatic N) is 6. The molecule has 1 aromatic carbocycles. The number of ether oxygens (including phenoxy) is 1. The van der Waals surface area contributed by atoms with E-state index < -0.39 is 0 Å². The van der Waals surface area contributed by atoms with Gasteiger partial charge in [-0.2, -0.15) is 0 Å². The second-order valence-electron chi connectivity index (χ2n) is 7.86. The topological polar surface area (TPSA) is 70.8 Å². The standard InChI is InChI=1S/C22H33N7O.HI/c1-23-22(24-12-11-21-26-25-20-10-4-3-7-13-29(20)21)28-16-14-27(15-17-28)18-8-5-6-9-19(18)30-2;/h5-6,8-9H,3-4,7,10-17H2,1-2H3,(H,23,24);1H. The van der Waals surface area contributed by atoms with Gasteiger partial charge in [0.05, 0.1) is 12.8 Å². The number of fused-ring (bicyclic) bond motifs is 1. The van der Waals surface area contributed by atoms with Gasteiger partial charge in [0, 0.05) is 59.2 Å². The van der Waals surface area contributed by atoms with Gasteiger partial charge in [-0.1, -0.05) is 18.6 Å². The molecule has 1 aromatic heterocycles. The van der Waals surface area contributed by atoms with E-state index in [-0.39, 0.29) is 24.0 Å². The number of methoxy groups -OCH3 is 1. The van der Waals surface area contributed by atoms with Crippen molar-refractivity contribution in [2.45, 2.75) is 38.6 Å². The fourth-order valence-electron chi connectivity index (χ4n) is 4.40. The maximum absolute atomic E-state index is 5.53. The highest BCUT2D eigenvalue weighted by atomic mass is 127. The molecule has 8 nitrogen and oxygen atoms in total. The Labute approximate surface area is 202 Å². The molecule has 1 fully saturated rings. The summed E-state index contributed by atoms with van der Waals surface area (Å²) in [5, 5.41) is 12.4. The molecule has 3 heterocycles. The van der Waals surface area contributed by atoms with Crippen LogP contribution in [0.4, 0.5) is 5.69 Å². The molecule has 170 valence electrons. The monoisotopic (exact) mass is 539 g/mol. The quantitative estimate of drug-likeness (QED) is 0.358. The molecule has 1 N–H and O–H groups in total. The van der Waals surface area contributed by atoms with Crippen molar-refractivity contribution < 1.29 is 4.74 Å². The lowest BCUT2D eigenvalue weighted by molar-refractivity contribution is 0.367. The zero-order chi connectivity index (χ0) is 20.8. The Morgan fingerprint density at radius 1 is 1.06 bits per heavy atom. The Morgan fingerprint density at radius 2 is 1.87 bits per heavy atom. The molecule has 2 aliphatic heterocycles. The lowest BCUT2D eigenvalue weighted by Gasteiger charge is -2.38. The summed E-state index contributed by atoms with van der Waals surface area (Å²) >= 11 is 0. The van der Waals surface area contributed by atoms with E-state index in [1.54, 1.807) is 7.11 Å². The van der Waals surface area contributed by atoms with Crippen LogP contribution in [-0.4, -0.2) is 72.5 Å². The van der Waals surface area contributed by atoms with Crippen LogP contribution in [0.2, 0.25) is 0 Å². The maximum atomic E-state index is 5.53. The zero-order valence-corrected chi connectivity index (χ0v) is 20.9. The molecule has 4 rings (SSSR count). The molecule has 0 atom stereocenters. The van der Waals surface area contributed by atoms with Crippen molar-refractivity contribution in [3.05, 3.63) is 35.9 Å². The van der Waals surface area contributed by atoms with E-state index in [0.29, 0.717) is 0 Å². The molecule has 2 aromatic rings. The van der Waals surface area contributed by atoms with E-state index in [0.717, 1.165) is 81.2 Å². The van der Waals surface area contributed by atoms with Gasteiger partial charge in [-0.25, -0.2) is 0 Å². The first-order chi connectivity index (χ1) is 14.8. The summed E-state index contributed by atoms with van der Waals surface area (Å²) in [5.74, 6) is 4.14. The molecule has 0 radical (unpaired) electrons. The highest BCUT2D eigenvalue weighted by Crippen LogP contribution is 2.28. The number of piperazine rings is 1. The predicted molar refractivity (Wildman–Crippen MR) is 135 cm³/mol. The van der Waals surface area contributed by atoms with Crippen molar-refractivity contribution in [2.24, 2.45) is 4.99 Å². The Kier molecular flexibility index (Phi) is 8.79. The van der Waals surface area contributed by atoms with E-state index in [1.807, 2.05) is 19.2 Å². The van der Waals surface area contributed by atoms with Crippen molar-refractivity contribution in [2.75, 3.05) is 51.8 Å². The van der Waals surface area contributed by atoms with Crippen LogP contribution in [0.1, 0.15) is 30.9 Å². The van der Waals surface area contributed by atoms with Crippen molar-refractivity contribution in [3.8, 4) is 5.75 Å². The molecule has 0 bridgehead atoms. The van der Waals surface area contributed by atoms with Crippen molar-refractivity contribution in [1.82, 2.24) is 25.0 Å². The highest BCUT2D eigenvalue weighted by molar-refractivity contribution is 14.0. The SMILES string of the molecule is CN=C(NCCc1nnc2n1CCCCC2)N1CCN(c2ccccc2OC)CC1.I. The fourth-order valence-corrected chi connectivity index (χ4v) is 4.40. The minimum atomic E-state index is 0. The number of hydrogen-bond donors (Lipinski definition) is 1. The number of aliphatic imine (C=N–C) groups is 1.